The van der Waals surface area contributed by atoms with Crippen LogP contribution in [-0.2, 0) is 19.4 Å². The largest absolute Gasteiger partial charge is 0.271 e. The molecule has 6 heteroatoms. The highest BCUT2D eigenvalue weighted by molar-refractivity contribution is 5.04. The van der Waals surface area contributed by atoms with Gasteiger partial charge in [-0.05, 0) is 30.9 Å². The van der Waals surface area contributed by atoms with Gasteiger partial charge >= 0.3 is 0 Å². The minimum atomic E-state index is 0.169. The maximum Gasteiger partial charge on any atom is 0.138 e. The van der Waals surface area contributed by atoms with Gasteiger partial charge < -0.3 is 0 Å². The molecule has 2 heterocycles. The zero-order chi connectivity index (χ0) is 15.1. The minimum absolute atomic E-state index is 0.169. The fourth-order valence-electron chi connectivity index (χ4n) is 2.28. The van der Waals surface area contributed by atoms with Crippen LogP contribution < -0.4 is 11.3 Å². The summed E-state index contributed by atoms with van der Waals surface area (Å²) in [4.78, 5) is 8.69. The molecule has 0 radical (unpaired) electrons. The van der Waals surface area contributed by atoms with Gasteiger partial charge in [0.2, 0.25) is 0 Å². The summed E-state index contributed by atoms with van der Waals surface area (Å²) in [7, 11) is 0. The molecule has 0 amide bonds. The highest BCUT2D eigenvalue weighted by Gasteiger charge is 2.13. The Bertz CT molecular complexity index is 522. The van der Waals surface area contributed by atoms with E-state index in [0.29, 0.717) is 5.92 Å². The van der Waals surface area contributed by atoms with Gasteiger partial charge in [0.15, 0.2) is 0 Å². The van der Waals surface area contributed by atoms with Crippen molar-refractivity contribution in [1.82, 2.24) is 25.2 Å². The number of nitrogens with one attached hydrogen (secondary N) is 1. The van der Waals surface area contributed by atoms with Crippen molar-refractivity contribution in [2.75, 3.05) is 0 Å². The molecule has 0 aliphatic carbocycles. The van der Waals surface area contributed by atoms with Crippen molar-refractivity contribution in [2.45, 2.75) is 45.7 Å². The first-order valence-electron chi connectivity index (χ1n) is 7.41. The first-order valence-corrected chi connectivity index (χ1v) is 7.41. The normalized spacial score (nSPS) is 12.8. The molecule has 21 heavy (non-hydrogen) atoms. The fourth-order valence-corrected chi connectivity index (χ4v) is 2.28. The maximum absolute atomic E-state index is 5.68. The Kier molecular flexibility index (Phi) is 5.83. The Labute approximate surface area is 125 Å². The molecule has 0 saturated carbocycles. The molecule has 2 aromatic rings. The van der Waals surface area contributed by atoms with Gasteiger partial charge in [0.25, 0.3) is 0 Å². The average Bonchev–Trinajstić information content (AvgIpc) is 2.90. The molecule has 3 N–H and O–H groups in total. The molecule has 1 atom stereocenters. The third kappa shape index (κ3) is 4.91. The lowest BCUT2D eigenvalue weighted by molar-refractivity contribution is 0.431. The standard InChI is InChI=1S/C15H24N6/c1-12(2)10-21-15(18-11-19-21)9-14(20-16)7-6-13-5-3-4-8-17-13/h3-5,8,11-12,14,20H,6-7,9-10,16H2,1-2H3. The van der Waals surface area contributed by atoms with E-state index in [9.17, 15) is 0 Å². The molecule has 0 bridgehead atoms. The van der Waals surface area contributed by atoms with E-state index in [1.807, 2.05) is 29.1 Å². The van der Waals surface area contributed by atoms with E-state index < -0.39 is 0 Å². The first kappa shape index (κ1) is 15.6. The summed E-state index contributed by atoms with van der Waals surface area (Å²) in [5.74, 6) is 7.20. The molecule has 0 saturated heterocycles. The molecular formula is C15H24N6. The smallest absolute Gasteiger partial charge is 0.138 e. The quantitative estimate of drug-likeness (QED) is 0.566. The summed E-state index contributed by atoms with van der Waals surface area (Å²) in [6.45, 7) is 5.23. The molecule has 0 fully saturated rings. The van der Waals surface area contributed by atoms with Gasteiger partial charge in [-0.1, -0.05) is 19.9 Å². The van der Waals surface area contributed by atoms with E-state index in [1.165, 1.54) is 0 Å². The Morgan fingerprint density at radius 1 is 1.29 bits per heavy atom. The van der Waals surface area contributed by atoms with Crippen LogP contribution in [0.25, 0.3) is 0 Å². The van der Waals surface area contributed by atoms with Gasteiger partial charge in [-0.25, -0.2) is 9.67 Å². The van der Waals surface area contributed by atoms with Crippen LogP contribution in [0.15, 0.2) is 30.7 Å². The molecule has 6 nitrogen and oxygen atoms in total. The van der Waals surface area contributed by atoms with Gasteiger partial charge in [0.05, 0.1) is 0 Å². The minimum Gasteiger partial charge on any atom is -0.271 e. The third-order valence-electron chi connectivity index (χ3n) is 3.37. The highest BCUT2D eigenvalue weighted by atomic mass is 15.3. The number of nitrogens with zero attached hydrogens (tertiary/aromatic N) is 4. The predicted molar refractivity (Wildman–Crippen MR) is 82.2 cm³/mol. The van der Waals surface area contributed by atoms with Crippen LogP contribution in [0.2, 0.25) is 0 Å². The lowest BCUT2D eigenvalue weighted by atomic mass is 10.1. The van der Waals surface area contributed by atoms with Gasteiger partial charge in [-0.2, -0.15) is 5.10 Å². The summed E-state index contributed by atoms with van der Waals surface area (Å²) in [6, 6.07) is 6.14. The van der Waals surface area contributed by atoms with E-state index in [-0.39, 0.29) is 6.04 Å². The molecule has 0 spiro atoms. The van der Waals surface area contributed by atoms with Gasteiger partial charge in [0, 0.05) is 30.9 Å². The number of hydrogen-bond donors (Lipinski definition) is 2. The van der Waals surface area contributed by atoms with Crippen LogP contribution in [0.4, 0.5) is 0 Å². The average molecular weight is 288 g/mol. The number of pyridine rings is 1. The number of hydrazine groups is 1. The van der Waals surface area contributed by atoms with Crippen LogP contribution in [0, 0.1) is 5.92 Å². The lowest BCUT2D eigenvalue weighted by Crippen LogP contribution is -2.38. The molecule has 2 rings (SSSR count). The van der Waals surface area contributed by atoms with Crippen LogP contribution in [0.5, 0.6) is 0 Å². The van der Waals surface area contributed by atoms with Crippen molar-refractivity contribution in [1.29, 1.82) is 0 Å². The number of aromatic nitrogens is 4. The van der Waals surface area contributed by atoms with Crippen LogP contribution in [0.3, 0.4) is 0 Å². The zero-order valence-electron chi connectivity index (χ0n) is 12.7. The Hall–Kier alpha value is -1.79. The van der Waals surface area contributed by atoms with E-state index in [4.69, 9.17) is 5.84 Å². The summed E-state index contributed by atoms with van der Waals surface area (Å²) < 4.78 is 1.97. The summed E-state index contributed by atoms with van der Waals surface area (Å²) in [6.07, 6.45) is 6.02. The Morgan fingerprint density at radius 2 is 2.14 bits per heavy atom. The Morgan fingerprint density at radius 3 is 2.81 bits per heavy atom. The van der Waals surface area contributed by atoms with Crippen LogP contribution in [-0.4, -0.2) is 25.8 Å². The topological polar surface area (TPSA) is 81.7 Å². The van der Waals surface area contributed by atoms with E-state index >= 15 is 0 Å². The molecule has 0 aliphatic heterocycles. The second kappa shape index (κ2) is 7.85. The first-order chi connectivity index (χ1) is 10.2. The third-order valence-corrected chi connectivity index (χ3v) is 3.37. The SMILES string of the molecule is CC(C)Cn1ncnc1CC(CCc1ccccn1)NN. The number of hydrogen-bond acceptors (Lipinski definition) is 5. The van der Waals surface area contributed by atoms with Crippen molar-refractivity contribution < 1.29 is 0 Å². The van der Waals surface area contributed by atoms with Crippen molar-refractivity contribution >= 4 is 0 Å². The monoisotopic (exact) mass is 288 g/mol. The number of nitrogens with two attached hydrogens (primary N) is 1. The highest BCUT2D eigenvalue weighted by Crippen LogP contribution is 2.08. The molecule has 2 aromatic heterocycles. The second-order valence-electron chi connectivity index (χ2n) is 5.68. The fraction of sp³-hybridized carbons (Fsp3) is 0.533. The van der Waals surface area contributed by atoms with Gasteiger partial charge in [-0.15, -0.1) is 0 Å². The molecule has 1 unspecified atom stereocenters. The van der Waals surface area contributed by atoms with E-state index in [0.717, 1.165) is 37.3 Å². The molecular weight excluding hydrogens is 264 g/mol. The Balaban J connectivity index is 1.91. The molecule has 114 valence electrons. The van der Waals surface area contributed by atoms with E-state index in [1.54, 1.807) is 6.33 Å². The summed E-state index contributed by atoms with van der Waals surface area (Å²) >= 11 is 0. The van der Waals surface area contributed by atoms with Gasteiger partial charge in [-0.3, -0.25) is 16.3 Å². The predicted octanol–water partition coefficient (Wildman–Crippen LogP) is 1.34. The maximum atomic E-state index is 5.68. The number of rotatable bonds is 8. The van der Waals surface area contributed by atoms with Crippen LogP contribution >= 0.6 is 0 Å². The van der Waals surface area contributed by atoms with Crippen molar-refractivity contribution in [3.63, 3.8) is 0 Å². The van der Waals surface area contributed by atoms with Crippen molar-refractivity contribution in [2.24, 2.45) is 11.8 Å². The van der Waals surface area contributed by atoms with E-state index in [2.05, 4.69) is 34.3 Å². The second-order valence-corrected chi connectivity index (χ2v) is 5.68. The van der Waals surface area contributed by atoms with Crippen molar-refractivity contribution in [3.8, 4) is 0 Å². The zero-order valence-corrected chi connectivity index (χ0v) is 12.7. The van der Waals surface area contributed by atoms with Crippen LogP contribution in [0.1, 0.15) is 31.8 Å². The number of aryl methyl sites for hydroxylation is 1. The van der Waals surface area contributed by atoms with Crippen molar-refractivity contribution in [3.05, 3.63) is 42.2 Å². The summed E-state index contributed by atoms with van der Waals surface area (Å²) in [5, 5.41) is 4.29. The molecule has 0 aromatic carbocycles. The molecule has 0 aliphatic rings. The lowest BCUT2D eigenvalue weighted by Gasteiger charge is -2.16. The summed E-state index contributed by atoms with van der Waals surface area (Å²) in [5.41, 5.74) is 3.97. The van der Waals surface area contributed by atoms with Gasteiger partial charge in [0.1, 0.15) is 12.2 Å².